The molecule has 3 aliphatic rings. The van der Waals surface area contributed by atoms with E-state index >= 15 is 0 Å². The van der Waals surface area contributed by atoms with Gasteiger partial charge in [-0.15, -0.1) is 0 Å². The summed E-state index contributed by atoms with van der Waals surface area (Å²) < 4.78 is 22.2. The number of allylic oxidation sites excluding steroid dienone is 2. The molecule has 1 saturated heterocycles. The minimum atomic E-state index is -1.12. The van der Waals surface area contributed by atoms with E-state index in [1.54, 1.807) is 11.0 Å². The zero-order valence-electron chi connectivity index (χ0n) is 23.7. The number of halogens is 2. The van der Waals surface area contributed by atoms with Crippen molar-refractivity contribution in [2.75, 3.05) is 6.54 Å². The maximum absolute atomic E-state index is 14.3. The van der Waals surface area contributed by atoms with Crippen molar-refractivity contribution >= 4 is 55.1 Å². The van der Waals surface area contributed by atoms with Gasteiger partial charge in [-0.1, -0.05) is 64.4 Å². The second-order valence-corrected chi connectivity index (χ2v) is 14.0. The molecule has 1 aliphatic carbocycles. The van der Waals surface area contributed by atoms with Gasteiger partial charge in [-0.3, -0.25) is 14.4 Å². The molecule has 1 N–H and O–H groups in total. The predicted molar refractivity (Wildman–Crippen MR) is 165 cm³/mol. The van der Waals surface area contributed by atoms with Gasteiger partial charge in [0.1, 0.15) is 11.9 Å². The number of hydrogen-bond donors (Lipinski definition) is 1. The van der Waals surface area contributed by atoms with Gasteiger partial charge in [0.2, 0.25) is 5.91 Å². The first-order valence-electron chi connectivity index (χ1n) is 14.9. The molecule has 1 saturated carbocycles. The number of hydrogen-bond acceptors (Lipinski definition) is 6. The van der Waals surface area contributed by atoms with Gasteiger partial charge in [-0.05, 0) is 73.9 Å². The number of carbonyl (C=O) groups excluding carboxylic acids is 2. The largest absolute Gasteiger partial charge is 0.481 e. The van der Waals surface area contributed by atoms with Crippen LogP contribution >= 0.6 is 27.3 Å². The Morgan fingerprint density at radius 1 is 1.19 bits per heavy atom. The first-order valence-corrected chi connectivity index (χ1v) is 16.5. The molecule has 10 heteroatoms. The Bertz CT molecular complexity index is 1580. The van der Waals surface area contributed by atoms with Gasteiger partial charge in [-0.25, -0.2) is 9.37 Å². The number of carboxylic acids is 1. The maximum atomic E-state index is 14.3. The van der Waals surface area contributed by atoms with Crippen molar-refractivity contribution in [3.8, 4) is 5.19 Å². The summed E-state index contributed by atoms with van der Waals surface area (Å²) in [6.45, 7) is 0.206. The highest BCUT2D eigenvalue weighted by molar-refractivity contribution is 9.10. The van der Waals surface area contributed by atoms with E-state index in [0.29, 0.717) is 24.5 Å². The topological polar surface area (TPSA) is 96.8 Å². The molecule has 0 spiro atoms. The Morgan fingerprint density at radius 2 is 2.05 bits per heavy atom. The lowest BCUT2D eigenvalue weighted by Crippen LogP contribution is -2.45. The second kappa shape index (κ2) is 12.5. The number of rotatable bonds is 5. The van der Waals surface area contributed by atoms with Gasteiger partial charge < -0.3 is 14.7 Å². The van der Waals surface area contributed by atoms with Crippen molar-refractivity contribution in [3.63, 3.8) is 0 Å². The number of ether oxygens (including phenoxy) is 1. The van der Waals surface area contributed by atoms with Crippen molar-refractivity contribution < 1.29 is 28.6 Å². The predicted octanol–water partition coefficient (Wildman–Crippen LogP) is 6.98. The van der Waals surface area contributed by atoms with Crippen molar-refractivity contribution in [2.45, 2.75) is 69.9 Å². The highest BCUT2D eigenvalue weighted by atomic mass is 79.9. The standard InChI is InChI=1S/C33H34BrFN2O5S/c34-23-11-12-26-29(15-23)43-32(36-26)42-25-16-27-28(38)18-33(31(40)41)17-22(33)9-5-3-1-2-4-8-21(30(39)37(27)19-25)13-20-7-6-10-24(35)14-20/h5-7,9-12,14-15,21-22,25,27H,1-4,8,13,16-19H2,(H,40,41)/b9-5-/t21-,22-,25-,27+,33-/m1/s1. The SMILES string of the molecule is O=C1C[C@]2(C(=O)O)C[C@H]2/C=C\CCCCC[C@H](Cc2cccc(F)c2)C(=O)N2C[C@H](Oc3nc4ccc(Br)cc4s3)C[C@@H]12. The summed E-state index contributed by atoms with van der Waals surface area (Å²) in [7, 11) is 0. The summed E-state index contributed by atoms with van der Waals surface area (Å²) in [6.07, 6.45) is 8.62. The number of thiazole rings is 1. The summed E-state index contributed by atoms with van der Waals surface area (Å²) in [6, 6.07) is 11.3. The zero-order valence-corrected chi connectivity index (χ0v) is 26.1. The van der Waals surface area contributed by atoms with Crippen LogP contribution in [0.15, 0.2) is 59.1 Å². The summed E-state index contributed by atoms with van der Waals surface area (Å²) in [5, 5.41) is 10.6. The fourth-order valence-corrected chi connectivity index (χ4v) is 8.06. The smallest absolute Gasteiger partial charge is 0.310 e. The quantitative estimate of drug-likeness (QED) is 0.295. The molecule has 2 fully saturated rings. The maximum Gasteiger partial charge on any atom is 0.310 e. The Hall–Kier alpha value is -3.11. The molecule has 0 bridgehead atoms. The Balaban J connectivity index is 1.29. The number of benzene rings is 2. The minimum absolute atomic E-state index is 0.123. The number of amides is 1. The number of aliphatic carboxylic acids is 1. The lowest BCUT2D eigenvalue weighted by Gasteiger charge is -2.29. The molecule has 3 heterocycles. The number of aromatic nitrogens is 1. The van der Waals surface area contributed by atoms with Crippen molar-refractivity contribution in [2.24, 2.45) is 17.3 Å². The Morgan fingerprint density at radius 3 is 2.86 bits per heavy atom. The highest BCUT2D eigenvalue weighted by Gasteiger charge is 2.61. The average molecular weight is 670 g/mol. The van der Waals surface area contributed by atoms with Gasteiger partial charge in [-0.2, -0.15) is 0 Å². The number of ketones is 1. The molecule has 7 nitrogen and oxygen atoms in total. The van der Waals surface area contributed by atoms with E-state index in [4.69, 9.17) is 4.74 Å². The molecule has 2 aliphatic heterocycles. The van der Waals surface area contributed by atoms with E-state index in [9.17, 15) is 23.9 Å². The summed E-state index contributed by atoms with van der Waals surface area (Å²) in [5.74, 6) is -2.33. The molecule has 6 rings (SSSR count). The van der Waals surface area contributed by atoms with Crippen LogP contribution in [0.5, 0.6) is 5.19 Å². The van der Waals surface area contributed by atoms with Crippen LogP contribution in [0.4, 0.5) is 4.39 Å². The lowest BCUT2D eigenvalue weighted by atomic mass is 9.90. The number of nitrogens with zero attached hydrogens (tertiary/aromatic N) is 2. The van der Waals surface area contributed by atoms with Gasteiger partial charge in [0.15, 0.2) is 5.78 Å². The number of carbonyl (C=O) groups is 3. The fourth-order valence-electron chi connectivity index (χ4n) is 6.63. The van der Waals surface area contributed by atoms with Crippen LogP contribution in [-0.4, -0.2) is 51.3 Å². The minimum Gasteiger partial charge on any atom is -0.481 e. The van der Waals surface area contributed by atoms with Gasteiger partial charge >= 0.3 is 5.97 Å². The molecule has 43 heavy (non-hydrogen) atoms. The van der Waals surface area contributed by atoms with Gasteiger partial charge in [0.05, 0.1) is 28.2 Å². The molecule has 3 aromatic rings. The van der Waals surface area contributed by atoms with Crippen molar-refractivity contribution in [3.05, 3.63) is 70.5 Å². The van der Waals surface area contributed by atoms with Gasteiger partial charge in [0.25, 0.3) is 5.19 Å². The third-order valence-electron chi connectivity index (χ3n) is 9.08. The molecular weight excluding hydrogens is 635 g/mol. The molecule has 1 amide bonds. The number of carboxylic acid groups (broad SMARTS) is 1. The highest BCUT2D eigenvalue weighted by Crippen LogP contribution is 2.57. The van der Waals surface area contributed by atoms with E-state index < -0.39 is 29.4 Å². The van der Waals surface area contributed by atoms with E-state index in [-0.39, 0.29) is 42.8 Å². The van der Waals surface area contributed by atoms with Crippen LogP contribution in [0.25, 0.3) is 10.2 Å². The molecule has 2 aromatic carbocycles. The number of fused-ring (bicyclic) bond motifs is 3. The lowest BCUT2D eigenvalue weighted by molar-refractivity contribution is -0.147. The molecule has 0 unspecified atom stereocenters. The van der Waals surface area contributed by atoms with E-state index in [2.05, 4.69) is 20.9 Å². The van der Waals surface area contributed by atoms with Crippen LogP contribution in [0.1, 0.15) is 56.9 Å². The van der Waals surface area contributed by atoms with Crippen LogP contribution in [-0.2, 0) is 20.8 Å². The fraction of sp³-hybridized carbons (Fsp3) is 0.455. The molecular formula is C33H34BrFN2O5S. The number of Topliss-reactive ketones (excluding diaryl/α,β-unsaturated/α-hetero) is 1. The molecule has 5 atom stereocenters. The van der Waals surface area contributed by atoms with Crippen molar-refractivity contribution in [1.29, 1.82) is 0 Å². The molecule has 0 radical (unpaired) electrons. The second-order valence-electron chi connectivity index (χ2n) is 12.1. The van der Waals surface area contributed by atoms with Crippen LogP contribution in [0.3, 0.4) is 0 Å². The monoisotopic (exact) mass is 668 g/mol. The normalized spacial score (nSPS) is 28.9. The van der Waals surface area contributed by atoms with Crippen molar-refractivity contribution in [1.82, 2.24) is 9.88 Å². The van der Waals surface area contributed by atoms with Gasteiger partial charge in [0, 0.05) is 23.2 Å². The summed E-state index contributed by atoms with van der Waals surface area (Å²) in [4.78, 5) is 46.8. The first-order chi connectivity index (χ1) is 20.7. The third kappa shape index (κ3) is 6.55. The van der Waals surface area contributed by atoms with Crippen LogP contribution in [0, 0.1) is 23.1 Å². The van der Waals surface area contributed by atoms with Crippen LogP contribution in [0.2, 0.25) is 0 Å². The van der Waals surface area contributed by atoms with E-state index in [0.717, 1.165) is 45.9 Å². The zero-order chi connectivity index (χ0) is 30.1. The Kier molecular flexibility index (Phi) is 8.69. The third-order valence-corrected chi connectivity index (χ3v) is 10.5. The average Bonchev–Trinajstić information content (AvgIpc) is 3.29. The molecule has 1 aromatic heterocycles. The summed E-state index contributed by atoms with van der Waals surface area (Å²) in [5.41, 5.74) is 0.415. The first kappa shape index (κ1) is 29.9. The van der Waals surface area contributed by atoms with E-state index in [1.165, 1.54) is 23.5 Å². The summed E-state index contributed by atoms with van der Waals surface area (Å²) >= 11 is 4.88. The van der Waals surface area contributed by atoms with E-state index in [1.807, 2.05) is 36.4 Å². The Labute approximate surface area is 262 Å². The van der Waals surface area contributed by atoms with Crippen LogP contribution < -0.4 is 4.74 Å². The molecule has 226 valence electrons.